The van der Waals surface area contributed by atoms with Crippen LogP contribution in [0, 0.1) is 5.82 Å². The van der Waals surface area contributed by atoms with Crippen molar-refractivity contribution in [1.82, 2.24) is 0 Å². The Morgan fingerprint density at radius 1 is 1.05 bits per heavy atom. The highest BCUT2D eigenvalue weighted by atomic mass is 79.9. The van der Waals surface area contributed by atoms with Crippen molar-refractivity contribution in [3.05, 3.63) is 57.3 Å². The second-order valence-corrected chi connectivity index (χ2v) is 5.94. The lowest BCUT2D eigenvalue weighted by molar-refractivity contribution is 0.354. The highest BCUT2D eigenvalue weighted by molar-refractivity contribution is 9.09. The minimum atomic E-state index is -0.477. The molecule has 6 heteroatoms. The van der Waals surface area contributed by atoms with E-state index in [1.165, 1.54) is 20.3 Å². The van der Waals surface area contributed by atoms with Crippen LogP contribution in [0.1, 0.15) is 16.0 Å². The lowest BCUT2D eigenvalue weighted by Crippen LogP contribution is -1.99. The zero-order chi connectivity index (χ0) is 15.6. The van der Waals surface area contributed by atoms with Crippen LogP contribution in [-0.4, -0.2) is 14.2 Å². The summed E-state index contributed by atoms with van der Waals surface area (Å²) in [7, 11) is 3.07. The molecule has 0 aromatic heterocycles. The van der Waals surface area contributed by atoms with Crippen LogP contribution in [0.15, 0.2) is 30.3 Å². The number of halogens is 4. The van der Waals surface area contributed by atoms with Crippen LogP contribution in [-0.2, 0) is 0 Å². The van der Waals surface area contributed by atoms with Crippen LogP contribution in [0.3, 0.4) is 0 Å². The average molecular weight is 394 g/mol. The van der Waals surface area contributed by atoms with Crippen molar-refractivity contribution in [1.29, 1.82) is 0 Å². The van der Waals surface area contributed by atoms with E-state index in [9.17, 15) is 4.39 Å². The maximum absolute atomic E-state index is 13.6. The third kappa shape index (κ3) is 3.28. The van der Waals surface area contributed by atoms with E-state index in [0.717, 1.165) is 0 Å². The van der Waals surface area contributed by atoms with Crippen molar-refractivity contribution in [2.75, 3.05) is 14.2 Å². The molecule has 1 unspecified atom stereocenters. The predicted octanol–water partition coefficient (Wildman–Crippen LogP) is 5.63. The van der Waals surface area contributed by atoms with Crippen molar-refractivity contribution in [2.45, 2.75) is 4.83 Å². The Hall–Kier alpha value is -0.970. The molecule has 2 aromatic rings. The average Bonchev–Trinajstić information content (AvgIpc) is 2.49. The number of ether oxygens (including phenoxy) is 2. The molecular formula is C15H12BrCl2FO2. The summed E-state index contributed by atoms with van der Waals surface area (Å²) in [5.41, 5.74) is 1.30. The van der Waals surface area contributed by atoms with Crippen LogP contribution in [0.5, 0.6) is 11.5 Å². The van der Waals surface area contributed by atoms with Gasteiger partial charge < -0.3 is 9.47 Å². The molecule has 0 saturated carbocycles. The Balaban J connectivity index is 2.53. The minimum absolute atomic E-state index is 0.0604. The molecule has 0 radical (unpaired) electrons. The number of hydrogen-bond acceptors (Lipinski definition) is 2. The molecule has 112 valence electrons. The summed E-state index contributed by atoms with van der Waals surface area (Å²) in [4.78, 5) is -0.368. The van der Waals surface area contributed by atoms with Crippen LogP contribution >= 0.6 is 39.1 Å². The molecule has 0 N–H and O–H groups in total. The lowest BCUT2D eigenvalue weighted by Gasteiger charge is -2.17. The third-order valence-corrected chi connectivity index (χ3v) is 4.74. The van der Waals surface area contributed by atoms with Gasteiger partial charge in [-0.25, -0.2) is 4.39 Å². The molecule has 0 bridgehead atoms. The topological polar surface area (TPSA) is 18.5 Å². The summed E-state index contributed by atoms with van der Waals surface area (Å²) < 4.78 is 24.0. The summed E-state index contributed by atoms with van der Waals surface area (Å²) in [5.74, 6) is 0.584. The molecule has 21 heavy (non-hydrogen) atoms. The first-order valence-electron chi connectivity index (χ1n) is 5.99. The second kappa shape index (κ2) is 6.86. The highest BCUT2D eigenvalue weighted by Gasteiger charge is 2.21. The number of alkyl halides is 1. The van der Waals surface area contributed by atoms with Crippen LogP contribution < -0.4 is 9.47 Å². The van der Waals surface area contributed by atoms with Gasteiger partial charge in [-0.3, -0.25) is 0 Å². The van der Waals surface area contributed by atoms with E-state index in [0.29, 0.717) is 27.6 Å². The van der Waals surface area contributed by atoms with Crippen LogP contribution in [0.25, 0.3) is 0 Å². The summed E-state index contributed by atoms with van der Waals surface area (Å²) >= 11 is 15.8. The van der Waals surface area contributed by atoms with E-state index in [2.05, 4.69) is 15.9 Å². The number of hydrogen-bond donors (Lipinski definition) is 0. The summed E-state index contributed by atoms with van der Waals surface area (Å²) in [6.07, 6.45) is 0. The van der Waals surface area contributed by atoms with Crippen LogP contribution in [0.4, 0.5) is 4.39 Å². The monoisotopic (exact) mass is 392 g/mol. The van der Waals surface area contributed by atoms with Crippen molar-refractivity contribution in [2.24, 2.45) is 0 Å². The molecule has 0 aliphatic heterocycles. The molecule has 0 aliphatic carbocycles. The van der Waals surface area contributed by atoms with Crippen molar-refractivity contribution in [3.63, 3.8) is 0 Å². The molecule has 0 saturated heterocycles. The summed E-state index contributed by atoms with van der Waals surface area (Å²) in [6.45, 7) is 0. The lowest BCUT2D eigenvalue weighted by atomic mass is 10.0. The van der Waals surface area contributed by atoms with Gasteiger partial charge in [-0.1, -0.05) is 51.3 Å². The molecule has 0 heterocycles. The molecule has 0 aliphatic rings. The fourth-order valence-electron chi connectivity index (χ4n) is 1.95. The van der Waals surface area contributed by atoms with Gasteiger partial charge in [0.1, 0.15) is 5.82 Å². The Morgan fingerprint density at radius 2 is 1.67 bits per heavy atom. The summed E-state index contributed by atoms with van der Waals surface area (Å²) in [5, 5.41) is 0.528. The SMILES string of the molecule is COc1cc(Cl)c(C(Br)c2cccc(F)c2Cl)cc1OC. The fraction of sp³-hybridized carbons (Fsp3) is 0.200. The Kier molecular flexibility index (Phi) is 5.36. The van der Waals surface area contributed by atoms with Crippen LogP contribution in [0.2, 0.25) is 10.0 Å². The van der Waals surface area contributed by atoms with Crippen molar-refractivity contribution < 1.29 is 13.9 Å². The van der Waals surface area contributed by atoms with Gasteiger partial charge in [0.25, 0.3) is 0 Å². The van der Waals surface area contributed by atoms with Crippen molar-refractivity contribution >= 4 is 39.1 Å². The number of benzene rings is 2. The fourth-order valence-corrected chi connectivity index (χ4v) is 3.47. The molecule has 0 fully saturated rings. The maximum Gasteiger partial charge on any atom is 0.162 e. The van der Waals surface area contributed by atoms with Crippen molar-refractivity contribution in [3.8, 4) is 11.5 Å². The van der Waals surface area contributed by atoms with E-state index in [1.54, 1.807) is 24.3 Å². The first-order valence-corrected chi connectivity index (χ1v) is 7.66. The first kappa shape index (κ1) is 16.4. The zero-order valence-electron chi connectivity index (χ0n) is 11.3. The van der Waals surface area contributed by atoms with E-state index < -0.39 is 5.82 Å². The van der Waals surface area contributed by atoms with Gasteiger partial charge in [0.15, 0.2) is 11.5 Å². The van der Waals surface area contributed by atoms with Gasteiger partial charge >= 0.3 is 0 Å². The molecule has 2 aromatic carbocycles. The number of methoxy groups -OCH3 is 2. The first-order chi connectivity index (χ1) is 9.99. The van der Waals surface area contributed by atoms with Gasteiger partial charge in [0, 0.05) is 11.1 Å². The molecular weight excluding hydrogens is 382 g/mol. The quantitative estimate of drug-likeness (QED) is 0.626. The van der Waals surface area contributed by atoms with Gasteiger partial charge in [-0.2, -0.15) is 0 Å². The molecule has 2 rings (SSSR count). The number of rotatable bonds is 4. The predicted molar refractivity (Wildman–Crippen MR) is 86.7 cm³/mol. The van der Waals surface area contributed by atoms with E-state index in [4.69, 9.17) is 32.7 Å². The molecule has 0 spiro atoms. The molecule has 0 amide bonds. The normalized spacial score (nSPS) is 12.1. The van der Waals surface area contributed by atoms with Gasteiger partial charge in [-0.15, -0.1) is 0 Å². The highest BCUT2D eigenvalue weighted by Crippen LogP contribution is 2.43. The van der Waals surface area contributed by atoms with E-state index >= 15 is 0 Å². The van der Waals surface area contributed by atoms with E-state index in [1.807, 2.05) is 0 Å². The maximum atomic E-state index is 13.6. The largest absolute Gasteiger partial charge is 0.493 e. The van der Waals surface area contributed by atoms with Gasteiger partial charge in [-0.05, 0) is 23.3 Å². The minimum Gasteiger partial charge on any atom is -0.493 e. The smallest absolute Gasteiger partial charge is 0.162 e. The second-order valence-electron chi connectivity index (χ2n) is 4.23. The summed E-state index contributed by atoms with van der Waals surface area (Å²) in [6, 6.07) is 8.03. The Bertz CT molecular complexity index is 664. The third-order valence-electron chi connectivity index (χ3n) is 3.03. The van der Waals surface area contributed by atoms with Gasteiger partial charge in [0.2, 0.25) is 0 Å². The molecule has 2 nitrogen and oxygen atoms in total. The standard InChI is InChI=1S/C15H12BrCl2FO2/c1-20-12-6-9(10(17)7-13(12)21-2)14(16)8-4-3-5-11(19)15(8)18/h3-7,14H,1-2H3. The van der Waals surface area contributed by atoms with E-state index in [-0.39, 0.29) is 9.85 Å². The molecule has 1 atom stereocenters. The Labute approximate surface area is 140 Å². The van der Waals surface area contributed by atoms with Gasteiger partial charge in [0.05, 0.1) is 24.1 Å². The Morgan fingerprint density at radius 3 is 2.29 bits per heavy atom. The zero-order valence-corrected chi connectivity index (χ0v) is 14.4.